The van der Waals surface area contributed by atoms with E-state index in [2.05, 4.69) is 5.10 Å². The summed E-state index contributed by atoms with van der Waals surface area (Å²) in [6, 6.07) is 6.15. The number of aromatic amines is 1. The Balaban J connectivity index is 2.16. The topological polar surface area (TPSA) is 122 Å². The molecule has 8 nitrogen and oxygen atoms in total. The Morgan fingerprint density at radius 1 is 1.10 bits per heavy atom. The number of ketones is 1. The first-order valence-electron chi connectivity index (χ1n) is 8.09. The fraction of sp³-hybridized carbons (Fsp3) is 0.0556. The largest absolute Gasteiger partial charge is 0.476 e. The fourth-order valence-electron chi connectivity index (χ4n) is 2.60. The molecule has 2 N–H and O–H groups in total. The minimum Gasteiger partial charge on any atom is -0.476 e. The van der Waals surface area contributed by atoms with Crippen LogP contribution in [0.15, 0.2) is 46.0 Å². The predicted octanol–water partition coefficient (Wildman–Crippen LogP) is 3.18. The van der Waals surface area contributed by atoms with Crippen LogP contribution in [0.4, 0.5) is 13.2 Å². The number of aromatic carboxylic acids is 1. The molecule has 0 aliphatic heterocycles. The Bertz CT molecular complexity index is 1350. The van der Waals surface area contributed by atoms with Gasteiger partial charge in [-0.05, 0) is 30.3 Å². The Labute approximate surface area is 179 Å². The van der Waals surface area contributed by atoms with Crippen LogP contribution < -0.4 is 11.2 Å². The van der Waals surface area contributed by atoms with E-state index in [0.29, 0.717) is 10.7 Å². The van der Waals surface area contributed by atoms with Gasteiger partial charge >= 0.3 is 17.8 Å². The summed E-state index contributed by atoms with van der Waals surface area (Å²) in [7, 11) is 0. The maximum Gasteiger partial charge on any atom is 0.417 e. The molecule has 31 heavy (non-hydrogen) atoms. The van der Waals surface area contributed by atoms with Gasteiger partial charge in [-0.2, -0.15) is 23.0 Å². The van der Waals surface area contributed by atoms with Crippen LogP contribution in [0, 0.1) is 0 Å². The number of benzene rings is 2. The molecule has 160 valence electrons. The van der Waals surface area contributed by atoms with E-state index in [9.17, 15) is 32.3 Å². The molecule has 0 spiro atoms. The minimum atomic E-state index is -4.81. The van der Waals surface area contributed by atoms with Crippen molar-refractivity contribution >= 4 is 35.0 Å². The Morgan fingerprint density at radius 3 is 2.39 bits per heavy atom. The number of rotatable bonds is 4. The van der Waals surface area contributed by atoms with E-state index in [4.69, 9.17) is 28.3 Å². The number of alkyl halides is 3. The zero-order valence-electron chi connectivity index (χ0n) is 14.8. The van der Waals surface area contributed by atoms with Crippen LogP contribution in [0.25, 0.3) is 5.69 Å². The van der Waals surface area contributed by atoms with Gasteiger partial charge in [-0.3, -0.25) is 14.6 Å². The molecule has 0 bridgehead atoms. The number of halogens is 5. The number of H-pyrrole nitrogens is 1. The molecule has 0 unspecified atom stereocenters. The Morgan fingerprint density at radius 2 is 1.77 bits per heavy atom. The summed E-state index contributed by atoms with van der Waals surface area (Å²) in [5.74, 6) is -2.65. The molecular weight excluding hydrogens is 466 g/mol. The first-order valence-corrected chi connectivity index (χ1v) is 8.84. The van der Waals surface area contributed by atoms with E-state index in [-0.39, 0.29) is 16.8 Å². The molecule has 0 atom stereocenters. The third-order valence-corrected chi connectivity index (χ3v) is 4.74. The number of aromatic nitrogens is 3. The van der Waals surface area contributed by atoms with Crippen molar-refractivity contribution in [3.8, 4) is 5.69 Å². The molecule has 1 heterocycles. The molecule has 0 fully saturated rings. The molecule has 1 aromatic heterocycles. The summed E-state index contributed by atoms with van der Waals surface area (Å²) < 4.78 is 39.7. The highest BCUT2D eigenvalue weighted by Gasteiger charge is 2.34. The van der Waals surface area contributed by atoms with Gasteiger partial charge in [-0.15, -0.1) is 0 Å². The first kappa shape index (κ1) is 22.2. The number of hydrogen-bond acceptors (Lipinski definition) is 5. The number of carboxylic acids is 1. The molecule has 0 amide bonds. The molecule has 13 heteroatoms. The lowest BCUT2D eigenvalue weighted by Crippen LogP contribution is -2.35. The highest BCUT2D eigenvalue weighted by Crippen LogP contribution is 2.36. The number of carbonyl (C=O) groups excluding carboxylic acids is 1. The molecular formula is C18H8Cl2F3N3O5. The molecule has 0 saturated heterocycles. The second-order valence-electron chi connectivity index (χ2n) is 5.99. The van der Waals surface area contributed by atoms with Gasteiger partial charge in [0, 0.05) is 11.1 Å². The van der Waals surface area contributed by atoms with Crippen molar-refractivity contribution < 1.29 is 27.9 Å². The summed E-state index contributed by atoms with van der Waals surface area (Å²) in [5, 5.41) is 11.4. The number of carbonyl (C=O) groups is 2. The van der Waals surface area contributed by atoms with Gasteiger partial charge in [-0.1, -0.05) is 29.3 Å². The van der Waals surface area contributed by atoms with E-state index in [0.717, 1.165) is 12.1 Å². The van der Waals surface area contributed by atoms with Gasteiger partial charge in [0.1, 0.15) is 0 Å². The molecule has 3 aromatic rings. The zero-order valence-corrected chi connectivity index (χ0v) is 16.3. The standard InChI is InChI=1S/C18H8Cl2F3N3O5/c19-10-5-4-7(6-9(10)18(21,22)23)14(27)8-2-1-3-11(12(8)20)26-17(31)24-15(28)13(25-26)16(29)30/h1-6H,(H,29,30)(H,24,28,31). The summed E-state index contributed by atoms with van der Waals surface area (Å²) in [5.41, 5.74) is -5.60. The van der Waals surface area contributed by atoms with Crippen LogP contribution >= 0.6 is 23.2 Å². The maximum atomic E-state index is 13.1. The van der Waals surface area contributed by atoms with Crippen molar-refractivity contribution in [3.05, 3.63) is 89.7 Å². The van der Waals surface area contributed by atoms with Crippen molar-refractivity contribution in [2.75, 3.05) is 0 Å². The predicted molar refractivity (Wildman–Crippen MR) is 102 cm³/mol. The molecule has 0 radical (unpaired) electrons. The third kappa shape index (κ3) is 4.23. The number of nitrogens with zero attached hydrogens (tertiary/aromatic N) is 2. The monoisotopic (exact) mass is 473 g/mol. The van der Waals surface area contributed by atoms with Crippen molar-refractivity contribution in [1.29, 1.82) is 0 Å². The van der Waals surface area contributed by atoms with Crippen LogP contribution in [0.5, 0.6) is 0 Å². The molecule has 0 aliphatic rings. The van der Waals surface area contributed by atoms with Crippen LogP contribution in [-0.4, -0.2) is 31.6 Å². The van der Waals surface area contributed by atoms with Gasteiger partial charge in [0.15, 0.2) is 5.78 Å². The fourth-order valence-corrected chi connectivity index (χ4v) is 3.12. The SMILES string of the molecule is O=C(c1ccc(Cl)c(C(F)(F)F)c1)c1cccc(-n2nc(C(=O)O)c(=O)[nH]c2=O)c1Cl. The summed E-state index contributed by atoms with van der Waals surface area (Å²) in [6.45, 7) is 0. The van der Waals surface area contributed by atoms with Crippen LogP contribution in [0.2, 0.25) is 10.0 Å². The Hall–Kier alpha value is -3.44. The first-order chi connectivity index (χ1) is 14.4. The second-order valence-corrected chi connectivity index (χ2v) is 6.77. The third-order valence-electron chi connectivity index (χ3n) is 4.02. The summed E-state index contributed by atoms with van der Waals surface area (Å²) in [4.78, 5) is 49.3. The van der Waals surface area contributed by atoms with Crippen LogP contribution in [-0.2, 0) is 6.18 Å². The smallest absolute Gasteiger partial charge is 0.417 e. The average Bonchev–Trinajstić information content (AvgIpc) is 2.67. The van der Waals surface area contributed by atoms with Gasteiger partial charge < -0.3 is 5.11 Å². The highest BCUT2D eigenvalue weighted by atomic mass is 35.5. The normalized spacial score (nSPS) is 11.4. The van der Waals surface area contributed by atoms with Crippen molar-refractivity contribution in [2.45, 2.75) is 6.18 Å². The summed E-state index contributed by atoms with van der Waals surface area (Å²) in [6.07, 6.45) is -4.81. The molecule has 3 rings (SSSR count). The van der Waals surface area contributed by atoms with Crippen molar-refractivity contribution in [2.24, 2.45) is 0 Å². The molecule has 0 saturated carbocycles. The van der Waals surface area contributed by atoms with E-state index in [1.54, 1.807) is 4.98 Å². The lowest BCUT2D eigenvalue weighted by molar-refractivity contribution is -0.137. The van der Waals surface area contributed by atoms with E-state index in [1.807, 2.05) is 0 Å². The van der Waals surface area contributed by atoms with Crippen LogP contribution in [0.1, 0.15) is 32.0 Å². The average molecular weight is 474 g/mol. The lowest BCUT2D eigenvalue weighted by atomic mass is 10.0. The number of nitrogens with one attached hydrogen (secondary N) is 1. The summed E-state index contributed by atoms with van der Waals surface area (Å²) >= 11 is 11.7. The van der Waals surface area contributed by atoms with Crippen molar-refractivity contribution in [3.63, 3.8) is 0 Å². The van der Waals surface area contributed by atoms with Gasteiger partial charge in [-0.25, -0.2) is 9.59 Å². The molecule has 0 aliphatic carbocycles. The lowest BCUT2D eigenvalue weighted by Gasteiger charge is -2.12. The van der Waals surface area contributed by atoms with Crippen molar-refractivity contribution in [1.82, 2.24) is 14.8 Å². The van der Waals surface area contributed by atoms with Gasteiger partial charge in [0.2, 0.25) is 5.69 Å². The molecule has 2 aromatic carbocycles. The Kier molecular flexibility index (Phi) is 5.74. The quantitative estimate of drug-likeness (QED) is 0.561. The highest BCUT2D eigenvalue weighted by molar-refractivity contribution is 6.36. The zero-order chi connectivity index (χ0) is 23.1. The van der Waals surface area contributed by atoms with Gasteiger partial charge in [0.05, 0.1) is 21.3 Å². The number of hydrogen-bond donors (Lipinski definition) is 2. The minimum absolute atomic E-state index is 0.277. The van der Waals surface area contributed by atoms with Crippen LogP contribution in [0.3, 0.4) is 0 Å². The van der Waals surface area contributed by atoms with Gasteiger partial charge in [0.25, 0.3) is 5.56 Å². The second kappa shape index (κ2) is 8.00. The van der Waals surface area contributed by atoms with E-state index >= 15 is 0 Å². The van der Waals surface area contributed by atoms with E-state index in [1.165, 1.54) is 18.2 Å². The van der Waals surface area contributed by atoms with E-state index < -0.39 is 50.5 Å². The number of carboxylic acid groups (broad SMARTS) is 1. The maximum absolute atomic E-state index is 13.1.